The molecule has 0 amide bonds. The van der Waals surface area contributed by atoms with Gasteiger partial charge in [0.2, 0.25) is 0 Å². The molecule has 94 valence electrons. The van der Waals surface area contributed by atoms with Crippen molar-refractivity contribution >= 4 is 16.7 Å². The highest BCUT2D eigenvalue weighted by Gasteiger charge is 2.17. The number of para-hydroxylation sites is 1. The largest absolute Gasteiger partial charge is 0.493 e. The minimum absolute atomic E-state index is 0.857. The van der Waals surface area contributed by atoms with Crippen molar-refractivity contribution in [1.82, 2.24) is 10.3 Å². The summed E-state index contributed by atoms with van der Waals surface area (Å²) >= 11 is 0. The van der Waals surface area contributed by atoms with Crippen LogP contribution in [-0.4, -0.2) is 38.3 Å². The van der Waals surface area contributed by atoms with Crippen molar-refractivity contribution in [2.75, 3.05) is 38.2 Å². The molecule has 3 rings (SSSR count). The van der Waals surface area contributed by atoms with Gasteiger partial charge in [0, 0.05) is 31.6 Å². The molecule has 1 aliphatic rings. The normalized spacial score (nSPS) is 15.9. The van der Waals surface area contributed by atoms with Gasteiger partial charge in [-0.15, -0.1) is 0 Å². The van der Waals surface area contributed by atoms with Crippen LogP contribution in [0.15, 0.2) is 30.3 Å². The smallest absolute Gasteiger partial charge is 0.172 e. The quantitative estimate of drug-likeness (QED) is 0.870. The van der Waals surface area contributed by atoms with Crippen LogP contribution in [0.2, 0.25) is 0 Å². The number of anilines is 1. The number of aromatic nitrogens is 1. The zero-order valence-corrected chi connectivity index (χ0v) is 10.5. The van der Waals surface area contributed by atoms with E-state index in [0.717, 1.165) is 48.6 Å². The molecule has 1 N–H and O–H groups in total. The molecule has 0 atom stereocenters. The Morgan fingerprint density at radius 2 is 2.00 bits per heavy atom. The third kappa shape index (κ3) is 1.99. The maximum Gasteiger partial charge on any atom is 0.172 e. The minimum atomic E-state index is 0.857. The monoisotopic (exact) mass is 243 g/mol. The summed E-state index contributed by atoms with van der Waals surface area (Å²) < 4.78 is 5.48. The molecule has 0 aliphatic carbocycles. The summed E-state index contributed by atoms with van der Waals surface area (Å²) in [4.78, 5) is 7.02. The van der Waals surface area contributed by atoms with Crippen LogP contribution in [0.5, 0.6) is 5.75 Å². The van der Waals surface area contributed by atoms with Crippen molar-refractivity contribution in [2.45, 2.75) is 0 Å². The van der Waals surface area contributed by atoms with Gasteiger partial charge < -0.3 is 15.0 Å². The molecule has 0 spiro atoms. The van der Waals surface area contributed by atoms with Crippen molar-refractivity contribution in [3.63, 3.8) is 0 Å². The SMILES string of the molecule is COc1cc2ccccc2nc1N1CCNCC1. The third-order valence-electron chi connectivity index (χ3n) is 3.31. The Balaban J connectivity index is 2.08. The lowest BCUT2D eigenvalue weighted by molar-refractivity contribution is 0.411. The van der Waals surface area contributed by atoms with Crippen LogP contribution in [0.4, 0.5) is 5.82 Å². The van der Waals surface area contributed by atoms with Gasteiger partial charge in [-0.2, -0.15) is 0 Å². The van der Waals surface area contributed by atoms with Gasteiger partial charge in [0.05, 0.1) is 12.6 Å². The first kappa shape index (κ1) is 11.3. The Morgan fingerprint density at radius 1 is 1.22 bits per heavy atom. The predicted octanol–water partition coefficient (Wildman–Crippen LogP) is 1.65. The third-order valence-corrected chi connectivity index (χ3v) is 3.31. The van der Waals surface area contributed by atoms with E-state index in [-0.39, 0.29) is 0 Å². The first-order valence-corrected chi connectivity index (χ1v) is 6.28. The summed E-state index contributed by atoms with van der Waals surface area (Å²) in [5.41, 5.74) is 1.02. The maximum absolute atomic E-state index is 5.48. The van der Waals surface area contributed by atoms with E-state index in [2.05, 4.69) is 22.3 Å². The van der Waals surface area contributed by atoms with Crippen LogP contribution in [0.3, 0.4) is 0 Å². The molecule has 0 unspecified atom stereocenters. The fourth-order valence-corrected chi connectivity index (χ4v) is 2.34. The Labute approximate surface area is 107 Å². The Bertz CT molecular complexity index is 550. The minimum Gasteiger partial charge on any atom is -0.493 e. The molecule has 2 heterocycles. The Kier molecular flexibility index (Phi) is 3.02. The number of hydrogen-bond acceptors (Lipinski definition) is 4. The van der Waals surface area contributed by atoms with Gasteiger partial charge >= 0.3 is 0 Å². The molecule has 1 aromatic heterocycles. The molecule has 1 fully saturated rings. The summed E-state index contributed by atoms with van der Waals surface area (Å²) in [5, 5.41) is 4.47. The molecule has 4 nitrogen and oxygen atoms in total. The first-order chi connectivity index (χ1) is 8.88. The maximum atomic E-state index is 5.48. The number of piperazine rings is 1. The standard InChI is InChI=1S/C14H17N3O/c1-18-13-10-11-4-2-3-5-12(11)16-14(13)17-8-6-15-7-9-17/h2-5,10,15H,6-9H2,1H3. The molecule has 0 bridgehead atoms. The highest BCUT2D eigenvalue weighted by Crippen LogP contribution is 2.30. The first-order valence-electron chi connectivity index (χ1n) is 6.28. The van der Waals surface area contributed by atoms with Crippen molar-refractivity contribution in [3.8, 4) is 5.75 Å². The van der Waals surface area contributed by atoms with Crippen LogP contribution in [0.1, 0.15) is 0 Å². The molecule has 1 aromatic carbocycles. The predicted molar refractivity (Wildman–Crippen MR) is 73.4 cm³/mol. The lowest BCUT2D eigenvalue weighted by Gasteiger charge is -2.29. The van der Waals surface area contributed by atoms with Crippen LogP contribution in [0, 0.1) is 0 Å². The summed E-state index contributed by atoms with van der Waals surface area (Å²) in [6.07, 6.45) is 0. The highest BCUT2D eigenvalue weighted by atomic mass is 16.5. The van der Waals surface area contributed by atoms with E-state index < -0.39 is 0 Å². The fraction of sp³-hybridized carbons (Fsp3) is 0.357. The second-order valence-corrected chi connectivity index (χ2v) is 4.44. The topological polar surface area (TPSA) is 37.4 Å². The molecule has 18 heavy (non-hydrogen) atoms. The number of nitrogens with zero attached hydrogens (tertiary/aromatic N) is 2. The van der Waals surface area contributed by atoms with Crippen LogP contribution in [-0.2, 0) is 0 Å². The number of rotatable bonds is 2. The lowest BCUT2D eigenvalue weighted by atomic mass is 10.2. The van der Waals surface area contributed by atoms with Gasteiger partial charge in [-0.1, -0.05) is 18.2 Å². The van der Waals surface area contributed by atoms with Crippen LogP contribution >= 0.6 is 0 Å². The highest BCUT2D eigenvalue weighted by molar-refractivity contribution is 5.83. The molecule has 2 aromatic rings. The van der Waals surface area contributed by atoms with Crippen LogP contribution in [0.25, 0.3) is 10.9 Å². The lowest BCUT2D eigenvalue weighted by Crippen LogP contribution is -2.44. The van der Waals surface area contributed by atoms with E-state index in [1.54, 1.807) is 7.11 Å². The van der Waals surface area contributed by atoms with Gasteiger partial charge in [0.25, 0.3) is 0 Å². The van der Waals surface area contributed by atoms with Crippen molar-refractivity contribution < 1.29 is 4.74 Å². The summed E-state index contributed by atoms with van der Waals surface area (Å²) in [5.74, 6) is 1.81. The molecule has 4 heteroatoms. The summed E-state index contributed by atoms with van der Waals surface area (Å²) in [6.45, 7) is 3.94. The summed E-state index contributed by atoms with van der Waals surface area (Å²) in [6, 6.07) is 10.2. The number of pyridine rings is 1. The average molecular weight is 243 g/mol. The fourth-order valence-electron chi connectivity index (χ4n) is 2.34. The molecule has 0 saturated carbocycles. The number of fused-ring (bicyclic) bond motifs is 1. The van der Waals surface area contributed by atoms with E-state index in [1.807, 2.05) is 18.2 Å². The Morgan fingerprint density at radius 3 is 2.78 bits per heavy atom. The van der Waals surface area contributed by atoms with Crippen LogP contribution < -0.4 is 15.0 Å². The molecule has 1 saturated heterocycles. The van der Waals surface area contributed by atoms with Crippen molar-refractivity contribution in [1.29, 1.82) is 0 Å². The van der Waals surface area contributed by atoms with E-state index in [9.17, 15) is 0 Å². The van der Waals surface area contributed by atoms with Crippen molar-refractivity contribution in [3.05, 3.63) is 30.3 Å². The zero-order valence-electron chi connectivity index (χ0n) is 10.5. The Hall–Kier alpha value is -1.81. The van der Waals surface area contributed by atoms with Crippen molar-refractivity contribution in [2.24, 2.45) is 0 Å². The number of nitrogens with one attached hydrogen (secondary N) is 1. The number of ether oxygens (including phenoxy) is 1. The van der Waals surface area contributed by atoms with Gasteiger partial charge in [0.15, 0.2) is 11.6 Å². The van der Waals surface area contributed by atoms with E-state index >= 15 is 0 Å². The zero-order chi connectivity index (χ0) is 12.4. The molecule has 0 radical (unpaired) electrons. The number of benzene rings is 1. The number of hydrogen-bond donors (Lipinski definition) is 1. The average Bonchev–Trinajstić information content (AvgIpc) is 2.46. The molecular weight excluding hydrogens is 226 g/mol. The van der Waals surface area contributed by atoms with Gasteiger partial charge in [0.1, 0.15) is 0 Å². The number of methoxy groups -OCH3 is 1. The summed E-state index contributed by atoms with van der Waals surface area (Å²) in [7, 11) is 1.71. The van der Waals surface area contributed by atoms with Gasteiger partial charge in [-0.05, 0) is 12.1 Å². The van der Waals surface area contributed by atoms with Gasteiger partial charge in [-0.25, -0.2) is 4.98 Å². The van der Waals surface area contributed by atoms with E-state index in [0.29, 0.717) is 0 Å². The molecule has 1 aliphatic heterocycles. The second kappa shape index (κ2) is 4.82. The van der Waals surface area contributed by atoms with Gasteiger partial charge in [-0.3, -0.25) is 0 Å². The second-order valence-electron chi connectivity index (χ2n) is 4.44. The molecular formula is C14H17N3O. The van der Waals surface area contributed by atoms with E-state index in [4.69, 9.17) is 9.72 Å². The van der Waals surface area contributed by atoms with E-state index in [1.165, 1.54) is 0 Å².